The quantitative estimate of drug-likeness (QED) is 0.492. The fraction of sp³-hybridized carbons (Fsp3) is 0. The Balaban J connectivity index is 2.20. The van der Waals surface area contributed by atoms with Crippen LogP contribution in [-0.2, 0) is 10.0 Å². The van der Waals surface area contributed by atoms with E-state index in [9.17, 15) is 23.6 Å². The molecule has 0 aliphatic carbocycles. The zero-order chi connectivity index (χ0) is 16.2. The first kappa shape index (κ1) is 15.4. The first-order valence-electron chi connectivity index (χ1n) is 5.97. The van der Waals surface area contributed by atoms with Gasteiger partial charge in [-0.25, -0.2) is 4.83 Å². The number of nitro groups is 1. The summed E-state index contributed by atoms with van der Waals surface area (Å²) in [4.78, 5) is 12.0. The number of hydrogen-bond acceptors (Lipinski definition) is 6. The molecular formula is C13H11N3O5S. The van der Waals surface area contributed by atoms with Gasteiger partial charge in [0.2, 0.25) is 0 Å². The summed E-state index contributed by atoms with van der Waals surface area (Å²) >= 11 is 0. The van der Waals surface area contributed by atoms with Crippen molar-refractivity contribution in [1.82, 2.24) is 4.83 Å². The van der Waals surface area contributed by atoms with Gasteiger partial charge in [-0.2, -0.15) is 13.5 Å². The smallest absolute Gasteiger partial charge is 0.276 e. The highest BCUT2D eigenvalue weighted by atomic mass is 32.2. The van der Waals surface area contributed by atoms with Gasteiger partial charge in [-0.1, -0.05) is 18.2 Å². The van der Waals surface area contributed by atoms with Crippen LogP contribution in [0.25, 0.3) is 0 Å². The number of non-ortho nitro benzene ring substituents is 1. The fourth-order valence-corrected chi connectivity index (χ4v) is 2.39. The first-order chi connectivity index (χ1) is 10.4. The summed E-state index contributed by atoms with van der Waals surface area (Å²) in [5.74, 6) is -0.256. The van der Waals surface area contributed by atoms with Crippen molar-refractivity contribution in [1.29, 1.82) is 0 Å². The van der Waals surface area contributed by atoms with E-state index >= 15 is 0 Å². The molecule has 0 bridgehead atoms. The van der Waals surface area contributed by atoms with E-state index in [0.717, 1.165) is 24.4 Å². The third-order valence-corrected chi connectivity index (χ3v) is 3.89. The standard InChI is InChI=1S/C13H11N3O5S/c17-13-7-6-11(16(18)19)8-10(13)9-14-15-22(20,21)12-4-2-1-3-5-12/h1-9,15,17H/b14-9-. The van der Waals surface area contributed by atoms with Crippen molar-refractivity contribution >= 4 is 21.9 Å². The lowest BCUT2D eigenvalue weighted by atomic mass is 10.2. The van der Waals surface area contributed by atoms with Crippen molar-refractivity contribution in [3.8, 4) is 5.75 Å². The van der Waals surface area contributed by atoms with E-state index in [4.69, 9.17) is 0 Å². The molecule has 0 aromatic heterocycles. The number of hydrazone groups is 1. The van der Waals surface area contributed by atoms with E-state index in [1.54, 1.807) is 18.2 Å². The number of phenols is 1. The second kappa shape index (κ2) is 6.22. The average Bonchev–Trinajstić information content (AvgIpc) is 2.49. The van der Waals surface area contributed by atoms with E-state index in [1.165, 1.54) is 12.1 Å². The van der Waals surface area contributed by atoms with E-state index in [2.05, 4.69) is 5.10 Å². The number of hydrogen-bond donors (Lipinski definition) is 2. The maximum Gasteiger partial charge on any atom is 0.276 e. The molecular weight excluding hydrogens is 310 g/mol. The number of nitro benzene ring substituents is 1. The lowest BCUT2D eigenvalue weighted by Crippen LogP contribution is -2.18. The Bertz CT molecular complexity index is 819. The molecule has 2 aromatic carbocycles. The largest absolute Gasteiger partial charge is 0.507 e. The van der Waals surface area contributed by atoms with Crippen molar-refractivity contribution in [2.45, 2.75) is 4.90 Å². The van der Waals surface area contributed by atoms with Gasteiger partial charge in [-0.3, -0.25) is 10.1 Å². The predicted molar refractivity (Wildman–Crippen MR) is 79.1 cm³/mol. The number of benzene rings is 2. The zero-order valence-electron chi connectivity index (χ0n) is 11.1. The average molecular weight is 321 g/mol. The van der Waals surface area contributed by atoms with Crippen LogP contribution in [0.4, 0.5) is 5.69 Å². The molecule has 0 amide bonds. The highest BCUT2D eigenvalue weighted by Gasteiger charge is 2.12. The molecule has 0 heterocycles. The van der Waals surface area contributed by atoms with E-state index in [0.29, 0.717) is 0 Å². The molecule has 9 heteroatoms. The van der Waals surface area contributed by atoms with Crippen molar-refractivity contribution < 1.29 is 18.4 Å². The first-order valence-corrected chi connectivity index (χ1v) is 7.46. The summed E-state index contributed by atoms with van der Waals surface area (Å²) in [5, 5.41) is 23.7. The molecule has 2 rings (SSSR count). The Hall–Kier alpha value is -2.94. The minimum Gasteiger partial charge on any atom is -0.507 e. The highest BCUT2D eigenvalue weighted by Crippen LogP contribution is 2.21. The molecule has 114 valence electrons. The lowest BCUT2D eigenvalue weighted by molar-refractivity contribution is -0.384. The molecule has 0 saturated heterocycles. The summed E-state index contributed by atoms with van der Waals surface area (Å²) < 4.78 is 23.8. The molecule has 0 saturated carbocycles. The Morgan fingerprint density at radius 1 is 1.18 bits per heavy atom. The van der Waals surface area contributed by atoms with Gasteiger partial charge in [0.15, 0.2) is 0 Å². The van der Waals surface area contributed by atoms with Crippen molar-refractivity contribution in [3.05, 3.63) is 64.2 Å². The van der Waals surface area contributed by atoms with Gasteiger partial charge in [-0.05, 0) is 18.2 Å². The summed E-state index contributed by atoms with van der Waals surface area (Å²) in [7, 11) is -3.83. The van der Waals surface area contributed by atoms with Gasteiger partial charge in [-0.15, -0.1) is 0 Å². The number of nitrogens with one attached hydrogen (secondary N) is 1. The summed E-state index contributed by atoms with van der Waals surface area (Å²) in [6, 6.07) is 10.9. The SMILES string of the molecule is O=[N+]([O-])c1ccc(O)c(/C=N\NS(=O)(=O)c2ccccc2)c1. The van der Waals surface area contributed by atoms with E-state index in [-0.39, 0.29) is 21.9 Å². The van der Waals surface area contributed by atoms with Gasteiger partial charge in [0.05, 0.1) is 16.0 Å². The maximum absolute atomic E-state index is 11.9. The van der Waals surface area contributed by atoms with Gasteiger partial charge in [0.25, 0.3) is 15.7 Å². The lowest BCUT2D eigenvalue weighted by Gasteiger charge is -2.03. The Morgan fingerprint density at radius 2 is 1.86 bits per heavy atom. The highest BCUT2D eigenvalue weighted by molar-refractivity contribution is 7.89. The van der Waals surface area contributed by atoms with E-state index < -0.39 is 14.9 Å². The molecule has 22 heavy (non-hydrogen) atoms. The molecule has 0 fully saturated rings. The van der Waals surface area contributed by atoms with Crippen LogP contribution < -0.4 is 4.83 Å². The molecule has 0 unspecified atom stereocenters. The third kappa shape index (κ3) is 3.58. The molecule has 0 radical (unpaired) electrons. The summed E-state index contributed by atoms with van der Waals surface area (Å²) in [5.41, 5.74) is -0.227. The van der Waals surface area contributed by atoms with Crippen molar-refractivity contribution in [2.24, 2.45) is 5.10 Å². The summed E-state index contributed by atoms with van der Waals surface area (Å²) in [6.45, 7) is 0. The third-order valence-electron chi connectivity index (χ3n) is 2.65. The number of phenolic OH excluding ortho intramolecular Hbond substituents is 1. The van der Waals surface area contributed by atoms with Crippen LogP contribution in [-0.4, -0.2) is 24.7 Å². The van der Waals surface area contributed by atoms with Crippen LogP contribution in [0.2, 0.25) is 0 Å². The van der Waals surface area contributed by atoms with Crippen LogP contribution in [0.1, 0.15) is 5.56 Å². The maximum atomic E-state index is 11.9. The Morgan fingerprint density at radius 3 is 2.50 bits per heavy atom. The van der Waals surface area contributed by atoms with Crippen molar-refractivity contribution in [3.63, 3.8) is 0 Å². The van der Waals surface area contributed by atoms with Crippen LogP contribution in [0.5, 0.6) is 5.75 Å². The van der Waals surface area contributed by atoms with Gasteiger partial charge in [0.1, 0.15) is 5.75 Å². The molecule has 2 N–H and O–H groups in total. The summed E-state index contributed by atoms with van der Waals surface area (Å²) in [6.07, 6.45) is 0.989. The van der Waals surface area contributed by atoms with Gasteiger partial charge < -0.3 is 5.11 Å². The van der Waals surface area contributed by atoms with Crippen LogP contribution in [0.3, 0.4) is 0 Å². The number of aromatic hydroxyl groups is 1. The zero-order valence-corrected chi connectivity index (χ0v) is 11.9. The van der Waals surface area contributed by atoms with E-state index in [1.807, 2.05) is 4.83 Å². The monoisotopic (exact) mass is 321 g/mol. The van der Waals surface area contributed by atoms with Crippen LogP contribution in [0, 0.1) is 10.1 Å². The minimum absolute atomic E-state index is 0.0185. The molecule has 0 aliphatic heterocycles. The Kier molecular flexibility index (Phi) is 4.37. The molecule has 0 atom stereocenters. The fourth-order valence-electron chi connectivity index (χ4n) is 1.58. The van der Waals surface area contributed by atoms with Crippen molar-refractivity contribution in [2.75, 3.05) is 0 Å². The number of nitrogens with zero attached hydrogens (tertiary/aromatic N) is 2. The molecule has 0 spiro atoms. The van der Waals surface area contributed by atoms with Crippen LogP contribution >= 0.6 is 0 Å². The normalized spacial score (nSPS) is 11.5. The Labute approximate surface area is 125 Å². The molecule has 2 aromatic rings. The second-order valence-corrected chi connectivity index (χ2v) is 5.83. The second-order valence-electron chi connectivity index (χ2n) is 4.17. The van der Waals surface area contributed by atoms with Crippen LogP contribution in [0.15, 0.2) is 58.5 Å². The predicted octanol–water partition coefficient (Wildman–Crippen LogP) is 1.61. The number of rotatable bonds is 5. The topological polar surface area (TPSA) is 122 Å². The molecule has 0 aliphatic rings. The molecule has 8 nitrogen and oxygen atoms in total. The van der Waals surface area contributed by atoms with Gasteiger partial charge in [0, 0.05) is 17.7 Å². The minimum atomic E-state index is -3.83. The number of sulfonamides is 1. The van der Waals surface area contributed by atoms with Gasteiger partial charge >= 0.3 is 0 Å².